The Morgan fingerprint density at radius 2 is 1.75 bits per heavy atom. The molecule has 1 saturated heterocycles. The molecule has 2 amide bonds. The molecular formula is C25H27N5O2. The molecule has 1 atom stereocenters. The first kappa shape index (κ1) is 21.5. The number of rotatable bonds is 5. The molecule has 1 aliphatic heterocycles. The monoisotopic (exact) mass is 429 g/mol. The Kier molecular flexibility index (Phi) is 6.16. The van der Waals surface area contributed by atoms with Crippen LogP contribution in [0.5, 0.6) is 0 Å². The second kappa shape index (κ2) is 9.18. The van der Waals surface area contributed by atoms with Gasteiger partial charge in [0, 0.05) is 62.2 Å². The smallest absolute Gasteiger partial charge is 0.253 e. The molecule has 2 aromatic carbocycles. The lowest BCUT2D eigenvalue weighted by Crippen LogP contribution is -2.39. The van der Waals surface area contributed by atoms with Crippen LogP contribution in [0.4, 0.5) is 5.95 Å². The average Bonchev–Trinajstić information content (AvgIpc) is 2.84. The third-order valence-corrected chi connectivity index (χ3v) is 5.85. The zero-order chi connectivity index (χ0) is 22.7. The molecule has 0 saturated carbocycles. The summed E-state index contributed by atoms with van der Waals surface area (Å²) in [6, 6.07) is 14.9. The molecule has 0 spiro atoms. The summed E-state index contributed by atoms with van der Waals surface area (Å²) in [6.45, 7) is 1.31. The Morgan fingerprint density at radius 1 is 1.03 bits per heavy atom. The summed E-state index contributed by atoms with van der Waals surface area (Å²) >= 11 is 0. The molecule has 1 aliphatic rings. The molecule has 1 unspecified atom stereocenters. The normalized spacial score (nSPS) is 15.9. The lowest BCUT2D eigenvalue weighted by atomic mass is 9.86. The Morgan fingerprint density at radius 3 is 2.47 bits per heavy atom. The van der Waals surface area contributed by atoms with Crippen LogP contribution in [0, 0.1) is 0 Å². The van der Waals surface area contributed by atoms with Crippen molar-refractivity contribution in [3.63, 3.8) is 0 Å². The summed E-state index contributed by atoms with van der Waals surface area (Å²) < 4.78 is 0. The van der Waals surface area contributed by atoms with E-state index in [1.165, 1.54) is 5.56 Å². The van der Waals surface area contributed by atoms with Crippen molar-refractivity contribution in [1.82, 2.24) is 14.9 Å². The zero-order valence-electron chi connectivity index (χ0n) is 18.4. The minimum atomic E-state index is -0.535. The Labute approximate surface area is 187 Å². The van der Waals surface area contributed by atoms with Crippen LogP contribution in [0.25, 0.3) is 11.1 Å². The highest BCUT2D eigenvalue weighted by Gasteiger charge is 2.27. The molecule has 2 N–H and O–H groups in total. The van der Waals surface area contributed by atoms with Crippen LogP contribution < -0.4 is 10.6 Å². The summed E-state index contributed by atoms with van der Waals surface area (Å²) in [4.78, 5) is 37.3. The van der Waals surface area contributed by atoms with Crippen molar-refractivity contribution < 1.29 is 9.59 Å². The molecule has 1 aromatic heterocycles. The van der Waals surface area contributed by atoms with Crippen molar-refractivity contribution in [3.8, 4) is 11.1 Å². The van der Waals surface area contributed by atoms with Gasteiger partial charge in [0.15, 0.2) is 0 Å². The molecule has 7 heteroatoms. The summed E-state index contributed by atoms with van der Waals surface area (Å²) in [7, 11) is 3.82. The number of carbonyl (C=O) groups excluding carboxylic acids is 2. The largest absolute Gasteiger partial charge is 0.366 e. The van der Waals surface area contributed by atoms with E-state index >= 15 is 0 Å². The van der Waals surface area contributed by atoms with Crippen LogP contribution >= 0.6 is 0 Å². The van der Waals surface area contributed by atoms with Gasteiger partial charge < -0.3 is 15.5 Å². The van der Waals surface area contributed by atoms with E-state index in [9.17, 15) is 9.59 Å². The van der Waals surface area contributed by atoms with Crippen LogP contribution in [0.1, 0.15) is 45.0 Å². The molecule has 0 bridgehead atoms. The van der Waals surface area contributed by atoms with E-state index in [-0.39, 0.29) is 11.8 Å². The molecule has 32 heavy (non-hydrogen) atoms. The first-order valence-corrected chi connectivity index (χ1v) is 10.7. The molecule has 4 rings (SSSR count). The lowest BCUT2D eigenvalue weighted by molar-refractivity contribution is 0.0707. The van der Waals surface area contributed by atoms with Gasteiger partial charge in [0.25, 0.3) is 5.91 Å². The summed E-state index contributed by atoms with van der Waals surface area (Å²) in [5.41, 5.74) is 9.46. The van der Waals surface area contributed by atoms with Crippen LogP contribution in [0.15, 0.2) is 60.9 Å². The van der Waals surface area contributed by atoms with Crippen molar-refractivity contribution >= 4 is 17.8 Å². The highest BCUT2D eigenvalue weighted by molar-refractivity contribution is 5.99. The van der Waals surface area contributed by atoms with Gasteiger partial charge in [0.05, 0.1) is 0 Å². The van der Waals surface area contributed by atoms with E-state index < -0.39 is 5.91 Å². The lowest BCUT2D eigenvalue weighted by Gasteiger charge is -2.34. The number of anilines is 1. The van der Waals surface area contributed by atoms with Crippen LogP contribution in [0.2, 0.25) is 0 Å². The van der Waals surface area contributed by atoms with Gasteiger partial charge in [-0.25, -0.2) is 9.97 Å². The highest BCUT2D eigenvalue weighted by Crippen LogP contribution is 2.34. The van der Waals surface area contributed by atoms with Gasteiger partial charge in [0.2, 0.25) is 11.9 Å². The fraction of sp³-hybridized carbons (Fsp3) is 0.280. The van der Waals surface area contributed by atoms with E-state index in [1.54, 1.807) is 24.3 Å². The second-order valence-corrected chi connectivity index (χ2v) is 8.29. The van der Waals surface area contributed by atoms with Crippen LogP contribution in [-0.2, 0) is 0 Å². The van der Waals surface area contributed by atoms with E-state index in [2.05, 4.69) is 22.1 Å². The number of primary amides is 1. The van der Waals surface area contributed by atoms with Crippen LogP contribution in [0.3, 0.4) is 0 Å². The number of likely N-dealkylation sites (tertiary alicyclic amines) is 1. The van der Waals surface area contributed by atoms with E-state index in [4.69, 9.17) is 5.73 Å². The topological polar surface area (TPSA) is 92.4 Å². The van der Waals surface area contributed by atoms with Crippen molar-refractivity contribution in [2.75, 3.05) is 32.1 Å². The summed E-state index contributed by atoms with van der Waals surface area (Å²) in [5, 5.41) is 0. The van der Waals surface area contributed by atoms with Crippen molar-refractivity contribution in [2.45, 2.75) is 18.8 Å². The molecule has 2 heterocycles. The van der Waals surface area contributed by atoms with Gasteiger partial charge >= 0.3 is 0 Å². The molecule has 7 nitrogen and oxygen atoms in total. The van der Waals surface area contributed by atoms with E-state index in [0.29, 0.717) is 30.2 Å². The van der Waals surface area contributed by atoms with Crippen molar-refractivity contribution in [2.24, 2.45) is 5.73 Å². The highest BCUT2D eigenvalue weighted by atomic mass is 16.2. The summed E-state index contributed by atoms with van der Waals surface area (Å²) in [5.74, 6) is 0.261. The molecule has 0 radical (unpaired) electrons. The molecule has 3 aromatic rings. The fourth-order valence-electron chi connectivity index (χ4n) is 4.21. The summed E-state index contributed by atoms with van der Waals surface area (Å²) in [6.07, 6.45) is 5.61. The first-order valence-electron chi connectivity index (χ1n) is 10.7. The zero-order valence-corrected chi connectivity index (χ0v) is 18.4. The number of hydrogen-bond acceptors (Lipinski definition) is 5. The maximum Gasteiger partial charge on any atom is 0.253 e. The molecule has 164 valence electrons. The van der Waals surface area contributed by atoms with Crippen molar-refractivity contribution in [1.29, 1.82) is 0 Å². The fourth-order valence-corrected chi connectivity index (χ4v) is 4.21. The molecular weight excluding hydrogens is 402 g/mol. The number of aromatic nitrogens is 2. The number of benzene rings is 2. The molecule has 1 fully saturated rings. The van der Waals surface area contributed by atoms with Crippen LogP contribution in [-0.4, -0.2) is 53.9 Å². The number of piperidine rings is 1. The number of carbonyl (C=O) groups is 2. The number of hydrogen-bond donors (Lipinski definition) is 1. The minimum Gasteiger partial charge on any atom is -0.366 e. The number of amides is 2. The van der Waals surface area contributed by atoms with Gasteiger partial charge in [-0.1, -0.05) is 30.3 Å². The van der Waals surface area contributed by atoms with Gasteiger partial charge in [-0.2, -0.15) is 0 Å². The third-order valence-electron chi connectivity index (χ3n) is 5.85. The SMILES string of the molecule is CN(C)c1ncc(-c2ccccc2C2CCCN(C(=O)c3cccc(C(N)=O)c3)C2)cn1. The predicted molar refractivity (Wildman–Crippen MR) is 125 cm³/mol. The third kappa shape index (κ3) is 4.46. The Hall–Kier alpha value is -3.74. The second-order valence-electron chi connectivity index (χ2n) is 8.29. The van der Waals surface area contributed by atoms with Gasteiger partial charge in [-0.3, -0.25) is 9.59 Å². The minimum absolute atomic E-state index is 0.0750. The first-order chi connectivity index (χ1) is 15.4. The van der Waals surface area contributed by atoms with E-state index in [0.717, 1.165) is 24.0 Å². The van der Waals surface area contributed by atoms with Gasteiger partial charge in [0.1, 0.15) is 0 Å². The Balaban J connectivity index is 1.58. The quantitative estimate of drug-likeness (QED) is 0.672. The van der Waals surface area contributed by atoms with Gasteiger partial charge in [-0.05, 0) is 42.2 Å². The maximum atomic E-state index is 13.2. The van der Waals surface area contributed by atoms with Crippen molar-refractivity contribution in [3.05, 3.63) is 77.6 Å². The molecule has 0 aliphatic carbocycles. The predicted octanol–water partition coefficient (Wildman–Crippen LogP) is 3.33. The van der Waals surface area contributed by atoms with E-state index in [1.807, 2.05) is 48.4 Å². The number of nitrogens with two attached hydrogens (primary N) is 1. The maximum absolute atomic E-state index is 13.2. The Bertz CT molecular complexity index is 1130. The average molecular weight is 430 g/mol. The number of nitrogens with zero attached hydrogens (tertiary/aromatic N) is 4. The van der Waals surface area contributed by atoms with Gasteiger partial charge in [-0.15, -0.1) is 0 Å². The standard InChI is InChI=1S/C25H27N5O2/c1-29(2)25-27-14-20(15-28-25)22-11-4-3-10-21(22)19-9-6-12-30(16-19)24(32)18-8-5-7-17(13-18)23(26)31/h3-5,7-8,10-11,13-15,19H,6,9,12,16H2,1-2H3,(H2,26,31).